The van der Waals surface area contributed by atoms with Crippen molar-refractivity contribution in [3.8, 4) is 0 Å². The third kappa shape index (κ3) is 3.19. The second kappa shape index (κ2) is 5.81. The Morgan fingerprint density at radius 3 is 2.74 bits per heavy atom. The molecule has 0 saturated carbocycles. The summed E-state index contributed by atoms with van der Waals surface area (Å²) in [6.45, 7) is 1.88. The number of rotatable bonds is 4. The summed E-state index contributed by atoms with van der Waals surface area (Å²) < 4.78 is 4.75. The molecule has 0 unspecified atom stereocenters. The Morgan fingerprint density at radius 2 is 2.11 bits per heavy atom. The van der Waals surface area contributed by atoms with Gasteiger partial charge in [-0.05, 0) is 19.1 Å². The largest absolute Gasteiger partial charge is 0.462 e. The minimum atomic E-state index is -0.678. The fraction of sp³-hybridized carbons (Fsp3) is 0.154. The molecular formula is C13H13N3O3. The lowest BCUT2D eigenvalue weighted by Gasteiger charge is -2.05. The van der Waals surface area contributed by atoms with E-state index in [1.54, 1.807) is 6.92 Å². The van der Waals surface area contributed by atoms with Crippen LogP contribution < -0.4 is 10.9 Å². The SMILES string of the molecule is CCOC(=O)c1cnc(Nc2ccccc2)[nH]c1=O. The standard InChI is InChI=1S/C13H13N3O3/c1-2-19-12(18)10-8-14-13(16-11(10)17)15-9-6-4-3-5-7-9/h3-8H,2H2,1H3,(H2,14,15,16,17). The highest BCUT2D eigenvalue weighted by molar-refractivity contribution is 5.88. The first-order chi connectivity index (χ1) is 9.20. The molecule has 0 radical (unpaired) electrons. The predicted molar refractivity (Wildman–Crippen MR) is 70.5 cm³/mol. The zero-order valence-electron chi connectivity index (χ0n) is 10.3. The summed E-state index contributed by atoms with van der Waals surface area (Å²) in [6, 6.07) is 9.25. The zero-order chi connectivity index (χ0) is 13.7. The van der Waals surface area contributed by atoms with Gasteiger partial charge in [0.2, 0.25) is 5.95 Å². The van der Waals surface area contributed by atoms with Crippen molar-refractivity contribution in [3.63, 3.8) is 0 Å². The number of hydrogen-bond acceptors (Lipinski definition) is 5. The van der Waals surface area contributed by atoms with E-state index in [-0.39, 0.29) is 18.1 Å². The number of carbonyl (C=O) groups is 1. The Kier molecular flexibility index (Phi) is 3.92. The first-order valence-corrected chi connectivity index (χ1v) is 5.79. The predicted octanol–water partition coefficient (Wildman–Crippen LogP) is 1.69. The van der Waals surface area contributed by atoms with Crippen molar-refractivity contribution in [2.75, 3.05) is 11.9 Å². The van der Waals surface area contributed by atoms with Crippen molar-refractivity contribution in [2.45, 2.75) is 6.92 Å². The Balaban J connectivity index is 2.20. The molecule has 0 bridgehead atoms. The highest BCUT2D eigenvalue weighted by atomic mass is 16.5. The van der Waals surface area contributed by atoms with Crippen LogP contribution in [0.25, 0.3) is 0 Å². The molecule has 1 aromatic carbocycles. The van der Waals surface area contributed by atoms with Crippen LogP contribution in [0.5, 0.6) is 0 Å². The summed E-state index contributed by atoms with van der Waals surface area (Å²) in [4.78, 5) is 29.6. The van der Waals surface area contributed by atoms with Gasteiger partial charge in [0.05, 0.1) is 12.8 Å². The van der Waals surface area contributed by atoms with Gasteiger partial charge in [-0.25, -0.2) is 9.78 Å². The van der Waals surface area contributed by atoms with Crippen LogP contribution in [-0.4, -0.2) is 22.5 Å². The van der Waals surface area contributed by atoms with E-state index >= 15 is 0 Å². The number of aromatic nitrogens is 2. The lowest BCUT2D eigenvalue weighted by atomic mass is 10.3. The number of ether oxygens (including phenoxy) is 1. The summed E-state index contributed by atoms with van der Waals surface area (Å²) in [6.07, 6.45) is 1.20. The first-order valence-electron chi connectivity index (χ1n) is 5.79. The Labute approximate surface area is 109 Å². The number of anilines is 2. The maximum Gasteiger partial charge on any atom is 0.345 e. The van der Waals surface area contributed by atoms with Gasteiger partial charge in [-0.3, -0.25) is 9.78 Å². The summed E-state index contributed by atoms with van der Waals surface area (Å²) in [5.74, 6) is -0.410. The molecule has 0 aliphatic heterocycles. The molecule has 0 aliphatic carbocycles. The number of aromatic amines is 1. The highest BCUT2D eigenvalue weighted by Gasteiger charge is 2.12. The van der Waals surface area contributed by atoms with E-state index in [9.17, 15) is 9.59 Å². The van der Waals surface area contributed by atoms with Crippen molar-refractivity contribution >= 4 is 17.6 Å². The molecule has 19 heavy (non-hydrogen) atoms. The highest BCUT2D eigenvalue weighted by Crippen LogP contribution is 2.10. The molecule has 0 fully saturated rings. The minimum Gasteiger partial charge on any atom is -0.462 e. The van der Waals surface area contributed by atoms with E-state index < -0.39 is 11.5 Å². The molecule has 1 aromatic heterocycles. The maximum atomic E-state index is 11.7. The van der Waals surface area contributed by atoms with Crippen LogP contribution in [-0.2, 0) is 4.74 Å². The van der Waals surface area contributed by atoms with E-state index in [2.05, 4.69) is 15.3 Å². The number of hydrogen-bond donors (Lipinski definition) is 2. The molecule has 6 nitrogen and oxygen atoms in total. The van der Waals surface area contributed by atoms with Crippen molar-refractivity contribution in [3.05, 3.63) is 52.4 Å². The number of benzene rings is 1. The summed E-state index contributed by atoms with van der Waals surface area (Å²) in [7, 11) is 0. The lowest BCUT2D eigenvalue weighted by molar-refractivity contribution is 0.0524. The van der Waals surface area contributed by atoms with E-state index in [0.29, 0.717) is 0 Å². The minimum absolute atomic E-state index is 0.111. The molecule has 0 aliphatic rings. The van der Waals surface area contributed by atoms with Crippen molar-refractivity contribution in [1.82, 2.24) is 9.97 Å². The Morgan fingerprint density at radius 1 is 1.37 bits per heavy atom. The number of nitrogens with one attached hydrogen (secondary N) is 2. The maximum absolute atomic E-state index is 11.7. The van der Waals surface area contributed by atoms with Crippen molar-refractivity contribution in [2.24, 2.45) is 0 Å². The zero-order valence-corrected chi connectivity index (χ0v) is 10.3. The monoisotopic (exact) mass is 259 g/mol. The molecule has 6 heteroatoms. The second-order valence-corrected chi connectivity index (χ2v) is 3.69. The Hall–Kier alpha value is -2.63. The average Bonchev–Trinajstić information content (AvgIpc) is 2.40. The van der Waals surface area contributed by atoms with E-state index in [0.717, 1.165) is 5.69 Å². The van der Waals surface area contributed by atoms with Crippen molar-refractivity contribution < 1.29 is 9.53 Å². The van der Waals surface area contributed by atoms with Crippen LogP contribution in [0.2, 0.25) is 0 Å². The molecule has 0 saturated heterocycles. The molecule has 0 atom stereocenters. The van der Waals surface area contributed by atoms with E-state index in [4.69, 9.17) is 4.74 Å². The van der Waals surface area contributed by atoms with Gasteiger partial charge < -0.3 is 10.1 Å². The fourth-order valence-electron chi connectivity index (χ4n) is 1.47. The smallest absolute Gasteiger partial charge is 0.345 e. The van der Waals surface area contributed by atoms with Crippen LogP contribution in [0.4, 0.5) is 11.6 Å². The van der Waals surface area contributed by atoms with Gasteiger partial charge in [-0.15, -0.1) is 0 Å². The number of nitrogens with zero attached hydrogens (tertiary/aromatic N) is 1. The molecule has 2 rings (SSSR count). The summed E-state index contributed by atoms with van der Waals surface area (Å²) >= 11 is 0. The number of para-hydroxylation sites is 1. The molecule has 0 spiro atoms. The molecule has 98 valence electrons. The third-order valence-electron chi connectivity index (χ3n) is 2.33. The quantitative estimate of drug-likeness (QED) is 0.816. The molecule has 2 aromatic rings. The molecular weight excluding hydrogens is 246 g/mol. The van der Waals surface area contributed by atoms with Gasteiger partial charge >= 0.3 is 5.97 Å². The van der Waals surface area contributed by atoms with E-state index in [1.807, 2.05) is 30.3 Å². The molecule has 2 N–H and O–H groups in total. The van der Waals surface area contributed by atoms with Gasteiger partial charge in [0.1, 0.15) is 5.56 Å². The summed E-state index contributed by atoms with van der Waals surface area (Å²) in [5.41, 5.74) is 0.141. The van der Waals surface area contributed by atoms with Crippen LogP contribution >= 0.6 is 0 Å². The summed E-state index contributed by atoms with van der Waals surface area (Å²) in [5, 5.41) is 2.92. The van der Waals surface area contributed by atoms with E-state index in [1.165, 1.54) is 6.20 Å². The lowest BCUT2D eigenvalue weighted by Crippen LogP contribution is -2.21. The normalized spacial score (nSPS) is 9.95. The van der Waals surface area contributed by atoms with Crippen LogP contribution in [0.15, 0.2) is 41.3 Å². The first kappa shape index (κ1) is 12.8. The van der Waals surface area contributed by atoms with Gasteiger partial charge in [0.15, 0.2) is 0 Å². The van der Waals surface area contributed by atoms with Crippen LogP contribution in [0, 0.1) is 0 Å². The van der Waals surface area contributed by atoms with Crippen LogP contribution in [0.1, 0.15) is 17.3 Å². The fourth-order valence-corrected chi connectivity index (χ4v) is 1.47. The second-order valence-electron chi connectivity index (χ2n) is 3.69. The van der Waals surface area contributed by atoms with Gasteiger partial charge in [0, 0.05) is 5.69 Å². The number of H-pyrrole nitrogens is 1. The molecule has 1 heterocycles. The number of esters is 1. The van der Waals surface area contributed by atoms with Gasteiger partial charge in [-0.1, -0.05) is 18.2 Å². The molecule has 0 amide bonds. The van der Waals surface area contributed by atoms with Gasteiger partial charge in [-0.2, -0.15) is 0 Å². The third-order valence-corrected chi connectivity index (χ3v) is 2.33. The topological polar surface area (TPSA) is 84.1 Å². The number of carbonyl (C=O) groups excluding carboxylic acids is 1. The average molecular weight is 259 g/mol. The van der Waals surface area contributed by atoms with Gasteiger partial charge in [0.25, 0.3) is 5.56 Å². The Bertz CT molecular complexity index is 623. The van der Waals surface area contributed by atoms with Crippen LogP contribution in [0.3, 0.4) is 0 Å². The van der Waals surface area contributed by atoms with Crippen molar-refractivity contribution in [1.29, 1.82) is 0 Å².